The average Bonchev–Trinajstić information content (AvgIpc) is 3.12. The van der Waals surface area contributed by atoms with Crippen LogP contribution in [0.2, 0.25) is 0 Å². The van der Waals surface area contributed by atoms with E-state index in [4.69, 9.17) is 4.74 Å². The molecule has 3 aromatic rings. The fourth-order valence-electron chi connectivity index (χ4n) is 3.52. The number of benzene rings is 3. The van der Waals surface area contributed by atoms with Gasteiger partial charge in [-0.25, -0.2) is 0 Å². The summed E-state index contributed by atoms with van der Waals surface area (Å²) in [6, 6.07) is 22.8. The van der Waals surface area contributed by atoms with E-state index < -0.39 is 0 Å². The Morgan fingerprint density at radius 3 is 2.37 bits per heavy atom. The maximum absolute atomic E-state index is 12.7. The number of rotatable bonds is 5. The molecule has 3 aromatic carbocycles. The van der Waals surface area contributed by atoms with Gasteiger partial charge in [0.05, 0.1) is 5.92 Å². The van der Waals surface area contributed by atoms with Crippen molar-refractivity contribution in [1.29, 1.82) is 0 Å². The molecule has 1 saturated heterocycles. The van der Waals surface area contributed by atoms with E-state index in [0.29, 0.717) is 18.0 Å². The van der Waals surface area contributed by atoms with Gasteiger partial charge in [-0.15, -0.1) is 0 Å². The minimum absolute atomic E-state index is 0.0269. The Hall–Kier alpha value is -3.60. The first-order valence-electron chi connectivity index (χ1n) is 10.0. The molecule has 0 saturated carbocycles. The number of carbonyl (C=O) groups excluding carboxylic acids is 2. The second kappa shape index (κ2) is 8.41. The van der Waals surface area contributed by atoms with Crippen LogP contribution in [0, 0.1) is 19.8 Å². The SMILES string of the molecule is Cc1ccc(N2C[C@@H](C(=O)Nc3ccc(Oc4cccc(C)c4)cc3)CC2=O)cc1. The van der Waals surface area contributed by atoms with Crippen LogP contribution in [0.3, 0.4) is 0 Å². The van der Waals surface area contributed by atoms with Crippen molar-refractivity contribution in [3.8, 4) is 11.5 Å². The number of aryl methyl sites for hydroxylation is 2. The van der Waals surface area contributed by atoms with Gasteiger partial charge in [0.1, 0.15) is 11.5 Å². The van der Waals surface area contributed by atoms with Crippen molar-refractivity contribution < 1.29 is 14.3 Å². The number of nitrogens with zero attached hydrogens (tertiary/aromatic N) is 1. The lowest BCUT2D eigenvalue weighted by Crippen LogP contribution is -2.28. The lowest BCUT2D eigenvalue weighted by Gasteiger charge is -2.17. The van der Waals surface area contributed by atoms with Gasteiger partial charge >= 0.3 is 0 Å². The van der Waals surface area contributed by atoms with Gasteiger partial charge in [0.15, 0.2) is 0 Å². The third-order valence-electron chi connectivity index (χ3n) is 5.19. The first-order valence-corrected chi connectivity index (χ1v) is 10.0. The summed E-state index contributed by atoms with van der Waals surface area (Å²) in [5.74, 6) is 0.917. The van der Waals surface area contributed by atoms with Crippen molar-refractivity contribution in [3.05, 3.63) is 83.9 Å². The second-order valence-corrected chi connectivity index (χ2v) is 7.67. The number of hydrogen-bond acceptors (Lipinski definition) is 3. The molecule has 152 valence electrons. The van der Waals surface area contributed by atoms with Crippen molar-refractivity contribution in [2.75, 3.05) is 16.8 Å². The smallest absolute Gasteiger partial charge is 0.229 e. The van der Waals surface area contributed by atoms with Crippen LogP contribution in [-0.2, 0) is 9.59 Å². The summed E-state index contributed by atoms with van der Waals surface area (Å²) in [7, 11) is 0. The molecule has 4 rings (SSSR count). The zero-order valence-electron chi connectivity index (χ0n) is 17.1. The van der Waals surface area contributed by atoms with Crippen LogP contribution in [0.5, 0.6) is 11.5 Å². The van der Waals surface area contributed by atoms with Crippen LogP contribution in [0.1, 0.15) is 17.5 Å². The summed E-state index contributed by atoms with van der Waals surface area (Å²) in [5.41, 5.74) is 3.77. The predicted octanol–water partition coefficient (Wildman–Crippen LogP) is 5.09. The second-order valence-electron chi connectivity index (χ2n) is 7.67. The molecule has 0 unspecified atom stereocenters. The van der Waals surface area contributed by atoms with Gasteiger partial charge in [0.25, 0.3) is 0 Å². The Labute approximate surface area is 176 Å². The van der Waals surface area contributed by atoms with E-state index in [-0.39, 0.29) is 24.2 Å². The highest BCUT2D eigenvalue weighted by Gasteiger charge is 2.35. The summed E-state index contributed by atoms with van der Waals surface area (Å²) < 4.78 is 5.84. The van der Waals surface area contributed by atoms with Gasteiger partial charge in [0.2, 0.25) is 11.8 Å². The van der Waals surface area contributed by atoms with Gasteiger partial charge in [-0.05, 0) is 67.9 Å². The van der Waals surface area contributed by atoms with E-state index >= 15 is 0 Å². The molecule has 1 fully saturated rings. The van der Waals surface area contributed by atoms with Crippen molar-refractivity contribution in [2.24, 2.45) is 5.92 Å². The van der Waals surface area contributed by atoms with Gasteiger partial charge < -0.3 is 15.0 Å². The fraction of sp³-hybridized carbons (Fsp3) is 0.200. The Kier molecular flexibility index (Phi) is 5.53. The first-order chi connectivity index (χ1) is 14.5. The highest BCUT2D eigenvalue weighted by molar-refractivity contribution is 6.03. The molecule has 0 radical (unpaired) electrons. The minimum atomic E-state index is -0.373. The van der Waals surface area contributed by atoms with Gasteiger partial charge in [-0.3, -0.25) is 9.59 Å². The lowest BCUT2D eigenvalue weighted by atomic mass is 10.1. The molecule has 1 aliphatic rings. The number of hydrogen-bond donors (Lipinski definition) is 1. The zero-order valence-corrected chi connectivity index (χ0v) is 17.1. The molecule has 30 heavy (non-hydrogen) atoms. The molecule has 0 bridgehead atoms. The molecular weight excluding hydrogens is 376 g/mol. The van der Waals surface area contributed by atoms with Crippen molar-refractivity contribution in [1.82, 2.24) is 0 Å². The summed E-state index contributed by atoms with van der Waals surface area (Å²) in [5, 5.41) is 2.91. The summed E-state index contributed by atoms with van der Waals surface area (Å²) in [4.78, 5) is 26.8. The Morgan fingerprint density at radius 1 is 0.933 bits per heavy atom. The summed E-state index contributed by atoms with van der Waals surface area (Å²) in [6.45, 7) is 4.41. The Balaban J connectivity index is 1.37. The molecule has 2 amide bonds. The van der Waals surface area contributed by atoms with E-state index in [2.05, 4.69) is 5.32 Å². The van der Waals surface area contributed by atoms with E-state index in [0.717, 1.165) is 22.6 Å². The molecular formula is C25H24N2O3. The number of ether oxygens (including phenoxy) is 1. The largest absolute Gasteiger partial charge is 0.457 e. The van der Waals surface area contributed by atoms with E-state index in [1.54, 1.807) is 17.0 Å². The number of carbonyl (C=O) groups is 2. The van der Waals surface area contributed by atoms with Crippen LogP contribution in [0.25, 0.3) is 0 Å². The Morgan fingerprint density at radius 2 is 1.67 bits per heavy atom. The normalized spacial score (nSPS) is 15.9. The van der Waals surface area contributed by atoms with Crippen LogP contribution < -0.4 is 15.0 Å². The van der Waals surface area contributed by atoms with Crippen LogP contribution in [0.15, 0.2) is 72.8 Å². The van der Waals surface area contributed by atoms with Gasteiger partial charge in [0, 0.05) is 24.3 Å². The summed E-state index contributed by atoms with van der Waals surface area (Å²) >= 11 is 0. The third-order valence-corrected chi connectivity index (χ3v) is 5.19. The monoisotopic (exact) mass is 400 g/mol. The first kappa shape index (κ1) is 19.7. The molecule has 5 nitrogen and oxygen atoms in total. The molecule has 5 heteroatoms. The standard InChI is InChI=1S/C25H24N2O3/c1-17-6-10-21(11-7-17)27-16-19(15-24(27)28)25(29)26-20-8-12-22(13-9-20)30-23-5-3-4-18(2)14-23/h3-14,19H,15-16H2,1-2H3,(H,26,29)/t19-/m0/s1. The molecule has 0 aromatic heterocycles. The number of amides is 2. The fourth-order valence-corrected chi connectivity index (χ4v) is 3.52. The van der Waals surface area contributed by atoms with E-state index in [1.807, 2.05) is 74.5 Å². The molecule has 1 aliphatic heterocycles. The predicted molar refractivity (Wildman–Crippen MR) is 118 cm³/mol. The highest BCUT2D eigenvalue weighted by Crippen LogP contribution is 2.27. The number of anilines is 2. The topological polar surface area (TPSA) is 58.6 Å². The van der Waals surface area contributed by atoms with Crippen LogP contribution in [0.4, 0.5) is 11.4 Å². The van der Waals surface area contributed by atoms with Crippen molar-refractivity contribution in [2.45, 2.75) is 20.3 Å². The Bertz CT molecular complexity index is 1060. The van der Waals surface area contributed by atoms with Crippen molar-refractivity contribution in [3.63, 3.8) is 0 Å². The molecule has 1 atom stereocenters. The molecule has 0 aliphatic carbocycles. The minimum Gasteiger partial charge on any atom is -0.457 e. The third kappa shape index (κ3) is 4.51. The van der Waals surface area contributed by atoms with Crippen LogP contribution in [-0.4, -0.2) is 18.4 Å². The summed E-state index contributed by atoms with van der Waals surface area (Å²) in [6.07, 6.45) is 0.217. The van der Waals surface area contributed by atoms with Crippen LogP contribution >= 0.6 is 0 Å². The number of nitrogens with one attached hydrogen (secondary N) is 1. The average molecular weight is 400 g/mol. The van der Waals surface area contributed by atoms with Gasteiger partial charge in [-0.1, -0.05) is 29.8 Å². The van der Waals surface area contributed by atoms with E-state index in [9.17, 15) is 9.59 Å². The van der Waals surface area contributed by atoms with Crippen molar-refractivity contribution >= 4 is 23.2 Å². The van der Waals surface area contributed by atoms with Gasteiger partial charge in [-0.2, -0.15) is 0 Å². The highest BCUT2D eigenvalue weighted by atomic mass is 16.5. The maximum atomic E-state index is 12.7. The molecule has 1 N–H and O–H groups in total. The molecule has 0 spiro atoms. The molecule has 1 heterocycles. The quantitative estimate of drug-likeness (QED) is 0.649. The maximum Gasteiger partial charge on any atom is 0.229 e. The zero-order chi connectivity index (χ0) is 21.1. The lowest BCUT2D eigenvalue weighted by molar-refractivity contribution is -0.122. The van der Waals surface area contributed by atoms with E-state index in [1.165, 1.54) is 0 Å².